The molecule has 1 fully saturated rings. The fourth-order valence-corrected chi connectivity index (χ4v) is 3.76. The number of H-pyrrole nitrogens is 1. The number of hydrogen-bond donors (Lipinski definition) is 3. The number of halogens is 1. The molecule has 0 atom stereocenters. The summed E-state index contributed by atoms with van der Waals surface area (Å²) in [6.45, 7) is 1.78. The van der Waals surface area contributed by atoms with E-state index in [1.165, 1.54) is 6.20 Å². The van der Waals surface area contributed by atoms with Crippen molar-refractivity contribution in [3.63, 3.8) is 0 Å². The van der Waals surface area contributed by atoms with Gasteiger partial charge in [-0.2, -0.15) is 0 Å². The van der Waals surface area contributed by atoms with Gasteiger partial charge in [0.25, 0.3) is 5.91 Å². The van der Waals surface area contributed by atoms with Gasteiger partial charge in [0.1, 0.15) is 0 Å². The molecule has 1 saturated heterocycles. The number of nitrogens with one attached hydrogen (secondary N) is 1. The van der Waals surface area contributed by atoms with Crippen molar-refractivity contribution in [2.24, 2.45) is 0 Å². The Balaban J connectivity index is 0.000000152. The maximum atomic E-state index is 11.8. The third-order valence-corrected chi connectivity index (χ3v) is 5.43. The van der Waals surface area contributed by atoms with Gasteiger partial charge in [-0.3, -0.25) is 4.79 Å². The third kappa shape index (κ3) is 4.62. The molecule has 1 amide bonds. The van der Waals surface area contributed by atoms with Gasteiger partial charge in [0, 0.05) is 47.0 Å². The monoisotopic (exact) mass is 434 g/mol. The van der Waals surface area contributed by atoms with Crippen molar-refractivity contribution in [2.75, 3.05) is 24.6 Å². The Kier molecular flexibility index (Phi) is 6.04. The second kappa shape index (κ2) is 9.06. The number of anilines is 2. The molecule has 8 heteroatoms. The van der Waals surface area contributed by atoms with Crippen LogP contribution in [0.3, 0.4) is 0 Å². The highest BCUT2D eigenvalue weighted by molar-refractivity contribution is 6.33. The number of rotatable bonds is 2. The van der Waals surface area contributed by atoms with E-state index in [4.69, 9.17) is 23.1 Å². The lowest BCUT2D eigenvalue weighted by Crippen LogP contribution is -2.27. The number of nitrogens with zero attached hydrogens (tertiary/aromatic N) is 3. The highest BCUT2D eigenvalue weighted by Gasteiger charge is 2.18. The molecule has 2 aromatic heterocycles. The SMILES string of the molecule is Nc1ccc(C(=O)N2CCCC2)cc1.Nc1ncc(Cl)c(-c2c[nH]c3ccccc23)n1. The van der Waals surface area contributed by atoms with Crippen molar-refractivity contribution >= 4 is 40.0 Å². The summed E-state index contributed by atoms with van der Waals surface area (Å²) in [6.07, 6.45) is 5.64. The van der Waals surface area contributed by atoms with E-state index < -0.39 is 0 Å². The largest absolute Gasteiger partial charge is 0.399 e. The average Bonchev–Trinajstić information content (AvgIpc) is 3.46. The number of aromatic nitrogens is 3. The van der Waals surface area contributed by atoms with Crippen LogP contribution in [0.1, 0.15) is 23.2 Å². The number of nitrogen functional groups attached to an aromatic ring is 2. The molecule has 0 bridgehead atoms. The molecule has 5 rings (SSSR count). The molecule has 4 aromatic rings. The fraction of sp³-hybridized carbons (Fsp3) is 0.174. The molecule has 3 heterocycles. The lowest BCUT2D eigenvalue weighted by atomic mass is 10.1. The predicted molar refractivity (Wildman–Crippen MR) is 125 cm³/mol. The number of para-hydroxylation sites is 1. The van der Waals surface area contributed by atoms with Crippen LogP contribution in [0.4, 0.5) is 11.6 Å². The van der Waals surface area contributed by atoms with Gasteiger partial charge in [0.2, 0.25) is 5.95 Å². The van der Waals surface area contributed by atoms with Crippen LogP contribution in [-0.4, -0.2) is 38.8 Å². The Morgan fingerprint density at radius 2 is 1.74 bits per heavy atom. The highest BCUT2D eigenvalue weighted by atomic mass is 35.5. The topological polar surface area (TPSA) is 114 Å². The standard InChI is InChI=1S/C12H9ClN4.C11H14N2O/c13-9-6-16-12(14)17-11(9)8-5-15-10-4-2-1-3-7(8)10;12-10-5-3-9(4-6-10)11(14)13-7-1-2-8-13/h1-6,15H,(H2,14,16,17);3-6H,1-2,7-8,12H2. The molecular weight excluding hydrogens is 412 g/mol. The van der Waals surface area contributed by atoms with Gasteiger partial charge in [-0.25, -0.2) is 9.97 Å². The van der Waals surface area contributed by atoms with Gasteiger partial charge < -0.3 is 21.4 Å². The van der Waals surface area contributed by atoms with Crippen molar-refractivity contribution in [1.82, 2.24) is 19.9 Å². The van der Waals surface area contributed by atoms with Crippen molar-refractivity contribution in [3.8, 4) is 11.3 Å². The Bertz CT molecular complexity index is 1200. The number of likely N-dealkylation sites (tertiary alicyclic amines) is 1. The fourth-order valence-electron chi connectivity index (χ4n) is 3.57. The van der Waals surface area contributed by atoms with E-state index in [9.17, 15) is 4.79 Å². The number of carbonyl (C=O) groups is 1. The second-order valence-electron chi connectivity index (χ2n) is 7.29. The average molecular weight is 435 g/mol. The van der Waals surface area contributed by atoms with E-state index in [1.807, 2.05) is 35.4 Å². The number of nitrogens with two attached hydrogens (primary N) is 2. The van der Waals surface area contributed by atoms with Crippen LogP contribution in [-0.2, 0) is 0 Å². The van der Waals surface area contributed by atoms with Gasteiger partial charge in [-0.1, -0.05) is 29.8 Å². The summed E-state index contributed by atoms with van der Waals surface area (Å²) in [5.41, 5.74) is 15.2. The Morgan fingerprint density at radius 3 is 2.48 bits per heavy atom. The molecule has 0 saturated carbocycles. The van der Waals surface area contributed by atoms with E-state index in [0.717, 1.165) is 48.0 Å². The summed E-state index contributed by atoms with van der Waals surface area (Å²) in [5, 5.41) is 1.55. The molecule has 0 radical (unpaired) electrons. The van der Waals surface area contributed by atoms with Gasteiger partial charge >= 0.3 is 0 Å². The number of amides is 1. The smallest absolute Gasteiger partial charge is 0.253 e. The minimum absolute atomic E-state index is 0.127. The molecule has 2 aromatic carbocycles. The van der Waals surface area contributed by atoms with Gasteiger partial charge in [-0.05, 0) is 43.2 Å². The van der Waals surface area contributed by atoms with Crippen LogP contribution in [0.25, 0.3) is 22.2 Å². The van der Waals surface area contributed by atoms with E-state index >= 15 is 0 Å². The number of carbonyl (C=O) groups excluding carboxylic acids is 1. The molecule has 5 N–H and O–H groups in total. The first-order valence-electron chi connectivity index (χ1n) is 10.0. The van der Waals surface area contributed by atoms with E-state index in [-0.39, 0.29) is 11.9 Å². The minimum atomic E-state index is 0.127. The summed E-state index contributed by atoms with van der Waals surface area (Å²) < 4.78 is 0. The first-order chi connectivity index (χ1) is 15.0. The molecule has 0 aliphatic carbocycles. The summed E-state index contributed by atoms with van der Waals surface area (Å²) >= 11 is 6.09. The third-order valence-electron chi connectivity index (χ3n) is 5.16. The Hall–Kier alpha value is -3.58. The number of fused-ring (bicyclic) bond motifs is 1. The summed E-state index contributed by atoms with van der Waals surface area (Å²) in [7, 11) is 0. The molecule has 31 heavy (non-hydrogen) atoms. The van der Waals surface area contributed by atoms with Crippen LogP contribution in [0.5, 0.6) is 0 Å². The summed E-state index contributed by atoms with van der Waals surface area (Å²) in [5.74, 6) is 0.345. The van der Waals surface area contributed by atoms with E-state index in [1.54, 1.807) is 24.3 Å². The van der Waals surface area contributed by atoms with Crippen molar-refractivity contribution in [3.05, 3.63) is 71.5 Å². The summed E-state index contributed by atoms with van der Waals surface area (Å²) in [4.78, 5) is 24.9. The van der Waals surface area contributed by atoms with Crippen molar-refractivity contribution in [2.45, 2.75) is 12.8 Å². The molecule has 0 unspecified atom stereocenters. The maximum absolute atomic E-state index is 11.8. The van der Waals surface area contributed by atoms with Gasteiger partial charge in [0.15, 0.2) is 0 Å². The van der Waals surface area contributed by atoms with E-state index in [2.05, 4.69) is 15.0 Å². The normalized spacial score (nSPS) is 13.1. The summed E-state index contributed by atoms with van der Waals surface area (Å²) in [6, 6.07) is 15.1. The zero-order valence-corrected chi connectivity index (χ0v) is 17.6. The Labute approximate surface area is 185 Å². The quantitative estimate of drug-likeness (QED) is 0.405. The lowest BCUT2D eigenvalue weighted by Gasteiger charge is -2.14. The number of hydrogen-bond acceptors (Lipinski definition) is 5. The minimum Gasteiger partial charge on any atom is -0.399 e. The number of aromatic amines is 1. The van der Waals surface area contributed by atoms with Gasteiger partial charge in [-0.15, -0.1) is 0 Å². The lowest BCUT2D eigenvalue weighted by molar-refractivity contribution is 0.0793. The predicted octanol–water partition coefficient (Wildman–Crippen LogP) is 4.37. The number of benzene rings is 2. The van der Waals surface area contributed by atoms with Gasteiger partial charge in [0.05, 0.1) is 16.9 Å². The van der Waals surface area contributed by atoms with Crippen LogP contribution >= 0.6 is 11.6 Å². The van der Waals surface area contributed by atoms with E-state index in [0.29, 0.717) is 16.4 Å². The zero-order chi connectivity index (χ0) is 21.8. The molecule has 1 aliphatic rings. The molecular formula is C23H23ClN6O. The molecule has 1 aliphatic heterocycles. The van der Waals surface area contributed by atoms with Crippen molar-refractivity contribution in [1.29, 1.82) is 0 Å². The zero-order valence-electron chi connectivity index (χ0n) is 16.9. The second-order valence-corrected chi connectivity index (χ2v) is 7.70. The van der Waals surface area contributed by atoms with Crippen LogP contribution in [0.15, 0.2) is 60.9 Å². The van der Waals surface area contributed by atoms with Crippen molar-refractivity contribution < 1.29 is 4.79 Å². The van der Waals surface area contributed by atoms with Crippen LogP contribution in [0.2, 0.25) is 5.02 Å². The maximum Gasteiger partial charge on any atom is 0.253 e. The van der Waals surface area contributed by atoms with Crippen LogP contribution in [0, 0.1) is 0 Å². The van der Waals surface area contributed by atoms with Crippen LogP contribution < -0.4 is 11.5 Å². The Morgan fingerprint density at radius 1 is 1.03 bits per heavy atom. The molecule has 158 valence electrons. The first-order valence-corrected chi connectivity index (χ1v) is 10.4. The molecule has 7 nitrogen and oxygen atoms in total. The highest BCUT2D eigenvalue weighted by Crippen LogP contribution is 2.31. The molecule has 0 spiro atoms. The first kappa shape index (κ1) is 20.7.